The molecule has 0 saturated carbocycles. The summed E-state index contributed by atoms with van der Waals surface area (Å²) >= 11 is 7.60. The van der Waals surface area contributed by atoms with Crippen molar-refractivity contribution < 1.29 is 36.2 Å². The summed E-state index contributed by atoms with van der Waals surface area (Å²) in [5.41, 5.74) is 2.74. The third kappa shape index (κ3) is 6.10. The molecule has 0 bridgehead atoms. The summed E-state index contributed by atoms with van der Waals surface area (Å²) in [6.45, 7) is 3.06. The predicted molar refractivity (Wildman–Crippen MR) is 122 cm³/mol. The summed E-state index contributed by atoms with van der Waals surface area (Å²) < 4.78 is 65.1. The zero-order valence-electron chi connectivity index (χ0n) is 17.3. The number of carboxylic acids is 1. The van der Waals surface area contributed by atoms with Crippen molar-refractivity contribution in [3.05, 3.63) is 58.6 Å². The van der Waals surface area contributed by atoms with E-state index >= 15 is 0 Å². The average molecular weight is 536 g/mol. The summed E-state index contributed by atoms with van der Waals surface area (Å²) in [6, 6.07) is 10.6. The normalized spacial score (nSPS) is 13.3. The van der Waals surface area contributed by atoms with Crippen LogP contribution >= 0.6 is 22.9 Å². The molecule has 2 N–H and O–H groups in total. The Kier molecular flexibility index (Phi) is 7.58. The van der Waals surface area contributed by atoms with Crippen molar-refractivity contribution in [3.63, 3.8) is 0 Å². The Balaban J connectivity index is 0.000000406. The first-order valence-electron chi connectivity index (χ1n) is 9.41. The van der Waals surface area contributed by atoms with Gasteiger partial charge in [-0.3, -0.25) is 4.72 Å². The summed E-state index contributed by atoms with van der Waals surface area (Å²) in [5.74, 6) is -2.26. The molecular formula is C20H17ClF3N3O5S2. The van der Waals surface area contributed by atoms with Gasteiger partial charge in [0.05, 0.1) is 27.8 Å². The van der Waals surface area contributed by atoms with Crippen molar-refractivity contribution in [2.45, 2.75) is 18.0 Å². The molecule has 3 aromatic rings. The molecule has 2 heterocycles. The second kappa shape index (κ2) is 10.1. The van der Waals surface area contributed by atoms with Crippen LogP contribution in [-0.2, 0) is 14.8 Å². The lowest BCUT2D eigenvalue weighted by atomic mass is 10.1. The van der Waals surface area contributed by atoms with E-state index < -0.39 is 22.2 Å². The lowest BCUT2D eigenvalue weighted by molar-refractivity contribution is -0.192. The van der Waals surface area contributed by atoms with Crippen LogP contribution in [0.3, 0.4) is 0 Å². The summed E-state index contributed by atoms with van der Waals surface area (Å²) in [5, 5.41) is 9.79. The van der Waals surface area contributed by atoms with Crippen LogP contribution in [0, 0.1) is 6.92 Å². The number of fused-ring (bicyclic) bond motifs is 1. The number of sulfonamides is 1. The molecule has 0 spiro atoms. The molecule has 1 aliphatic rings. The van der Waals surface area contributed by atoms with Gasteiger partial charge in [0.15, 0.2) is 5.13 Å². The van der Waals surface area contributed by atoms with Crippen LogP contribution in [-0.4, -0.2) is 43.8 Å². The molecule has 0 unspecified atom stereocenters. The quantitative estimate of drug-likeness (QED) is 0.480. The maximum atomic E-state index is 12.6. The van der Waals surface area contributed by atoms with Crippen molar-refractivity contribution in [1.29, 1.82) is 0 Å². The van der Waals surface area contributed by atoms with Gasteiger partial charge in [0.25, 0.3) is 10.0 Å². The van der Waals surface area contributed by atoms with Crippen molar-refractivity contribution in [1.82, 2.24) is 4.98 Å². The highest BCUT2D eigenvalue weighted by Gasteiger charge is 2.38. The van der Waals surface area contributed by atoms with E-state index in [1.807, 2.05) is 30.0 Å². The molecule has 1 aromatic heterocycles. The number of aryl methyl sites for hydroxylation is 1. The summed E-state index contributed by atoms with van der Waals surface area (Å²) in [7, 11) is -3.74. The highest BCUT2D eigenvalue weighted by Crippen LogP contribution is 2.41. The van der Waals surface area contributed by atoms with Gasteiger partial charge in [-0.05, 0) is 36.8 Å². The number of aliphatic carboxylic acids is 1. The van der Waals surface area contributed by atoms with Crippen LogP contribution < -0.4 is 14.4 Å². The van der Waals surface area contributed by atoms with Crippen LogP contribution in [0.25, 0.3) is 0 Å². The third-order valence-electron chi connectivity index (χ3n) is 4.39. The van der Waals surface area contributed by atoms with Gasteiger partial charge >= 0.3 is 12.1 Å². The standard InChI is InChI=1S/C18H16ClN3O3S2.C2HF3O2/c1-12-2-4-14(19)16(10-12)22-7-8-25-17-11-13(3-5-15(17)22)27(23,24)21-18-20-6-9-26-18;3-2(4,5)1(6)7/h2-6,9-11H,7-8H2,1H3,(H,20,21);(H,6,7). The smallest absolute Gasteiger partial charge is 0.489 e. The van der Waals surface area contributed by atoms with Crippen molar-refractivity contribution >= 4 is 55.4 Å². The minimum Gasteiger partial charge on any atom is -0.489 e. The number of benzene rings is 2. The van der Waals surface area contributed by atoms with Crippen molar-refractivity contribution in [2.75, 3.05) is 22.8 Å². The fraction of sp³-hybridized carbons (Fsp3) is 0.200. The Morgan fingerprint density at radius 2 is 1.94 bits per heavy atom. The van der Waals surface area contributed by atoms with E-state index in [1.165, 1.54) is 17.4 Å². The number of hydrogen-bond acceptors (Lipinski definition) is 7. The third-order valence-corrected chi connectivity index (χ3v) is 6.87. The molecule has 0 aliphatic carbocycles. The minimum absolute atomic E-state index is 0.119. The second-order valence-corrected chi connectivity index (χ2v) is 9.81. The van der Waals surface area contributed by atoms with Crippen molar-refractivity contribution in [3.8, 4) is 5.75 Å². The van der Waals surface area contributed by atoms with E-state index in [9.17, 15) is 21.6 Å². The lowest BCUT2D eigenvalue weighted by Gasteiger charge is -2.32. The first-order valence-corrected chi connectivity index (χ1v) is 12.2. The largest absolute Gasteiger partial charge is 0.490 e. The first kappa shape index (κ1) is 25.6. The van der Waals surface area contributed by atoms with Crippen LogP contribution in [0.4, 0.5) is 29.7 Å². The average Bonchev–Trinajstić information content (AvgIpc) is 3.27. The van der Waals surface area contributed by atoms with Gasteiger partial charge in [0.1, 0.15) is 12.4 Å². The number of rotatable bonds is 4. The Labute approximate surface area is 201 Å². The molecule has 14 heteroatoms. The van der Waals surface area contributed by atoms with E-state index in [2.05, 4.69) is 9.71 Å². The van der Waals surface area contributed by atoms with Gasteiger partial charge in [-0.25, -0.2) is 18.2 Å². The van der Waals surface area contributed by atoms with Gasteiger partial charge in [-0.15, -0.1) is 11.3 Å². The Bertz CT molecular complexity index is 1290. The SMILES string of the molecule is Cc1ccc(Cl)c(N2CCOc3cc(S(=O)(=O)Nc4nccs4)ccc32)c1.O=C(O)C(F)(F)F. The Morgan fingerprint density at radius 3 is 2.56 bits per heavy atom. The molecular weight excluding hydrogens is 519 g/mol. The molecule has 0 radical (unpaired) electrons. The number of carbonyl (C=O) groups is 1. The number of halogens is 4. The monoisotopic (exact) mass is 535 g/mol. The molecule has 182 valence electrons. The lowest BCUT2D eigenvalue weighted by Crippen LogP contribution is -2.29. The first-order chi connectivity index (χ1) is 15.9. The molecule has 2 aromatic carbocycles. The molecule has 1 aliphatic heterocycles. The maximum absolute atomic E-state index is 12.6. The Hall–Kier alpha value is -3.03. The van der Waals surface area contributed by atoms with Crippen LogP contribution in [0.15, 0.2) is 52.9 Å². The highest BCUT2D eigenvalue weighted by molar-refractivity contribution is 7.93. The topological polar surface area (TPSA) is 109 Å². The molecule has 0 amide bonds. The minimum atomic E-state index is -5.08. The second-order valence-electron chi connectivity index (χ2n) is 6.83. The summed E-state index contributed by atoms with van der Waals surface area (Å²) in [6.07, 6.45) is -3.54. The van der Waals surface area contributed by atoms with Crippen LogP contribution in [0.5, 0.6) is 5.75 Å². The van der Waals surface area contributed by atoms with Crippen LogP contribution in [0.1, 0.15) is 5.56 Å². The number of carboxylic acid groups (broad SMARTS) is 1. The number of anilines is 3. The molecule has 0 atom stereocenters. The molecule has 8 nitrogen and oxygen atoms in total. The van der Waals surface area contributed by atoms with Gasteiger partial charge in [0.2, 0.25) is 0 Å². The van der Waals surface area contributed by atoms with Crippen LogP contribution in [0.2, 0.25) is 5.02 Å². The number of nitrogens with one attached hydrogen (secondary N) is 1. The maximum Gasteiger partial charge on any atom is 0.490 e. The van der Waals surface area contributed by atoms with E-state index in [0.717, 1.165) is 16.9 Å². The predicted octanol–water partition coefficient (Wildman–Crippen LogP) is 5.07. The number of ether oxygens (including phenoxy) is 1. The van der Waals surface area contributed by atoms with Gasteiger partial charge in [-0.1, -0.05) is 17.7 Å². The van der Waals surface area contributed by atoms with Gasteiger partial charge in [0, 0.05) is 17.6 Å². The number of nitrogens with zero attached hydrogens (tertiary/aromatic N) is 2. The number of hydrogen-bond donors (Lipinski definition) is 2. The van der Waals surface area contributed by atoms with Gasteiger partial charge < -0.3 is 14.7 Å². The number of aromatic nitrogens is 1. The molecule has 0 fully saturated rings. The fourth-order valence-corrected chi connectivity index (χ4v) is 4.92. The van der Waals surface area contributed by atoms with Gasteiger partial charge in [-0.2, -0.15) is 13.2 Å². The van der Waals surface area contributed by atoms with E-state index in [-0.39, 0.29) is 4.90 Å². The summed E-state index contributed by atoms with van der Waals surface area (Å²) in [4.78, 5) is 15.0. The van der Waals surface area contributed by atoms with Crippen molar-refractivity contribution in [2.24, 2.45) is 0 Å². The zero-order valence-corrected chi connectivity index (χ0v) is 19.7. The number of alkyl halides is 3. The fourth-order valence-electron chi connectivity index (χ4n) is 2.90. The van der Waals surface area contributed by atoms with E-state index in [1.54, 1.807) is 23.7 Å². The number of thiazole rings is 1. The van der Waals surface area contributed by atoms with E-state index in [0.29, 0.717) is 29.1 Å². The van der Waals surface area contributed by atoms with E-state index in [4.69, 9.17) is 26.2 Å². The highest BCUT2D eigenvalue weighted by atomic mass is 35.5. The molecule has 34 heavy (non-hydrogen) atoms. The Morgan fingerprint density at radius 1 is 1.24 bits per heavy atom. The zero-order chi connectivity index (χ0) is 25.1. The molecule has 0 saturated heterocycles. The molecule has 4 rings (SSSR count).